The van der Waals surface area contributed by atoms with Gasteiger partial charge in [-0.1, -0.05) is 0 Å². The zero-order valence-electron chi connectivity index (χ0n) is 13.7. The van der Waals surface area contributed by atoms with Gasteiger partial charge < -0.3 is 0 Å². The average molecular weight is 355 g/mol. The normalized spacial score (nSPS) is 27.9. The van der Waals surface area contributed by atoms with Gasteiger partial charge in [0.15, 0.2) is 0 Å². The Balaban J connectivity index is 1.85. The van der Waals surface area contributed by atoms with Gasteiger partial charge in [-0.15, -0.1) is 0 Å². The molecule has 0 saturated heterocycles. The fourth-order valence-electron chi connectivity index (χ4n) is 5.88. The Morgan fingerprint density at radius 1 is 0.524 bits per heavy atom. The van der Waals surface area contributed by atoms with Gasteiger partial charge in [0.2, 0.25) is 0 Å². The SMILES string of the molecule is O[O][Ge]([CH]1CCCCC1)([CH]1CCCCC1)[CH]1CCCCC1. The zero-order valence-corrected chi connectivity index (χ0v) is 15.8. The van der Waals surface area contributed by atoms with Crippen molar-refractivity contribution in [1.82, 2.24) is 0 Å². The van der Waals surface area contributed by atoms with E-state index < -0.39 is 13.6 Å². The van der Waals surface area contributed by atoms with Gasteiger partial charge in [0.25, 0.3) is 0 Å². The molecule has 0 unspecified atom stereocenters. The van der Waals surface area contributed by atoms with Gasteiger partial charge in [0.1, 0.15) is 0 Å². The molecule has 3 rings (SSSR count). The Labute approximate surface area is 133 Å². The van der Waals surface area contributed by atoms with Crippen LogP contribution in [0.5, 0.6) is 0 Å². The van der Waals surface area contributed by atoms with E-state index in [2.05, 4.69) is 0 Å². The van der Waals surface area contributed by atoms with E-state index in [1.807, 2.05) is 0 Å². The standard InChI is InChI=1S/C18H34GeO2/c20-21-19(16-10-4-1-5-11-16,17-12-6-2-7-13-17)18-14-8-3-9-15-18/h16-18,20H,1-15H2. The van der Waals surface area contributed by atoms with E-state index in [1.165, 1.54) is 96.3 Å². The van der Waals surface area contributed by atoms with Crippen molar-refractivity contribution in [2.75, 3.05) is 0 Å². The molecule has 1 N–H and O–H groups in total. The van der Waals surface area contributed by atoms with Crippen LogP contribution in [0.4, 0.5) is 0 Å². The Bertz CT molecular complexity index is 257. The van der Waals surface area contributed by atoms with E-state index in [0.29, 0.717) is 0 Å². The van der Waals surface area contributed by atoms with Crippen molar-refractivity contribution in [1.29, 1.82) is 0 Å². The molecule has 0 bridgehead atoms. The second kappa shape index (κ2) is 7.83. The summed E-state index contributed by atoms with van der Waals surface area (Å²) in [5.74, 6) is 0. The van der Waals surface area contributed by atoms with Gasteiger partial charge in [0, 0.05) is 0 Å². The minimum absolute atomic E-state index is 0.801. The van der Waals surface area contributed by atoms with E-state index in [-0.39, 0.29) is 0 Å². The summed E-state index contributed by atoms with van der Waals surface area (Å²) < 4.78 is 8.15. The second-order valence-electron chi connectivity index (χ2n) is 7.95. The quantitative estimate of drug-likeness (QED) is 0.358. The molecule has 0 heterocycles. The first-order chi connectivity index (χ1) is 10.4. The maximum atomic E-state index is 10.2. The number of hydrogen-bond acceptors (Lipinski definition) is 2. The molecular weight excluding hydrogens is 321 g/mol. The van der Waals surface area contributed by atoms with E-state index >= 15 is 0 Å². The molecule has 3 aliphatic rings. The molecule has 3 heteroatoms. The summed E-state index contributed by atoms with van der Waals surface area (Å²) in [5, 5.41) is 10.2. The Morgan fingerprint density at radius 2 is 0.810 bits per heavy atom. The molecule has 122 valence electrons. The Kier molecular flexibility index (Phi) is 6.09. The van der Waals surface area contributed by atoms with Crippen LogP contribution in [-0.2, 0) is 3.91 Å². The molecular formula is C18H34GeO2. The van der Waals surface area contributed by atoms with Gasteiger partial charge >= 0.3 is 133 Å². The van der Waals surface area contributed by atoms with Crippen molar-refractivity contribution in [3.05, 3.63) is 0 Å². The van der Waals surface area contributed by atoms with Crippen molar-refractivity contribution < 1.29 is 9.17 Å². The van der Waals surface area contributed by atoms with E-state index in [0.717, 1.165) is 14.3 Å². The van der Waals surface area contributed by atoms with Gasteiger partial charge in [0.05, 0.1) is 0 Å². The summed E-state index contributed by atoms with van der Waals surface area (Å²) in [6.07, 6.45) is 20.8. The van der Waals surface area contributed by atoms with Gasteiger partial charge in [-0.25, -0.2) is 0 Å². The molecule has 0 amide bonds. The van der Waals surface area contributed by atoms with Crippen molar-refractivity contribution in [3.8, 4) is 0 Å². The van der Waals surface area contributed by atoms with Crippen molar-refractivity contribution in [3.63, 3.8) is 0 Å². The third kappa shape index (κ3) is 3.37. The first-order valence-electron chi connectivity index (χ1n) is 9.70. The van der Waals surface area contributed by atoms with Crippen LogP contribution in [0.1, 0.15) is 96.3 Å². The Morgan fingerprint density at radius 3 is 1.05 bits per heavy atom. The van der Waals surface area contributed by atoms with Crippen LogP contribution in [-0.4, -0.2) is 18.9 Å². The number of rotatable bonds is 4. The first kappa shape index (κ1) is 16.3. The van der Waals surface area contributed by atoms with Gasteiger partial charge in [-0.05, 0) is 0 Å². The van der Waals surface area contributed by atoms with Crippen molar-refractivity contribution >= 4 is 13.6 Å². The van der Waals surface area contributed by atoms with Crippen LogP contribution in [0.25, 0.3) is 0 Å². The molecule has 2 nitrogen and oxygen atoms in total. The summed E-state index contributed by atoms with van der Waals surface area (Å²) in [6, 6.07) is 0. The molecule has 0 atom stereocenters. The topological polar surface area (TPSA) is 29.5 Å². The fraction of sp³-hybridized carbons (Fsp3) is 1.00. The van der Waals surface area contributed by atoms with Crippen LogP contribution in [0.2, 0.25) is 14.3 Å². The van der Waals surface area contributed by atoms with E-state index in [1.54, 1.807) is 0 Å². The predicted octanol–water partition coefficient (Wildman–Crippen LogP) is 6.42. The minimum atomic E-state index is -2.65. The van der Waals surface area contributed by atoms with Crippen LogP contribution in [0, 0.1) is 0 Å². The summed E-state index contributed by atoms with van der Waals surface area (Å²) in [6.45, 7) is 0. The third-order valence-corrected chi connectivity index (χ3v) is 19.2. The van der Waals surface area contributed by atoms with Crippen LogP contribution in [0.15, 0.2) is 0 Å². The molecule has 0 aromatic heterocycles. The van der Waals surface area contributed by atoms with Gasteiger partial charge in [-0.3, -0.25) is 0 Å². The fourth-order valence-corrected chi connectivity index (χ4v) is 19.3. The first-order valence-corrected chi connectivity index (χ1v) is 14.2. The van der Waals surface area contributed by atoms with Crippen molar-refractivity contribution in [2.24, 2.45) is 0 Å². The third-order valence-electron chi connectivity index (χ3n) is 6.89. The summed E-state index contributed by atoms with van der Waals surface area (Å²) in [5.41, 5.74) is 0. The van der Waals surface area contributed by atoms with Crippen LogP contribution >= 0.6 is 0 Å². The van der Waals surface area contributed by atoms with Crippen LogP contribution < -0.4 is 0 Å². The summed E-state index contributed by atoms with van der Waals surface area (Å²) >= 11 is -2.65. The average Bonchev–Trinajstić information content (AvgIpc) is 2.59. The van der Waals surface area contributed by atoms with Crippen LogP contribution in [0.3, 0.4) is 0 Å². The molecule has 3 saturated carbocycles. The molecule has 0 spiro atoms. The van der Waals surface area contributed by atoms with E-state index in [9.17, 15) is 5.26 Å². The molecule has 3 fully saturated rings. The number of hydrogen-bond donors (Lipinski definition) is 1. The molecule has 21 heavy (non-hydrogen) atoms. The molecule has 0 aromatic rings. The molecule has 3 aliphatic carbocycles. The monoisotopic (exact) mass is 356 g/mol. The Hall–Kier alpha value is 0.463. The summed E-state index contributed by atoms with van der Waals surface area (Å²) in [4.78, 5) is 0. The second-order valence-corrected chi connectivity index (χ2v) is 17.1. The van der Waals surface area contributed by atoms with E-state index in [4.69, 9.17) is 3.91 Å². The maximum absolute atomic E-state index is 10.2. The molecule has 0 radical (unpaired) electrons. The van der Waals surface area contributed by atoms with Crippen molar-refractivity contribution in [2.45, 2.75) is 111 Å². The van der Waals surface area contributed by atoms with Gasteiger partial charge in [-0.2, -0.15) is 0 Å². The summed E-state index contributed by atoms with van der Waals surface area (Å²) in [7, 11) is 0. The zero-order chi connectivity index (χ0) is 14.5. The predicted molar refractivity (Wildman–Crippen MR) is 90.0 cm³/mol. The molecule has 0 aromatic carbocycles. The molecule has 0 aliphatic heterocycles.